The van der Waals surface area contributed by atoms with E-state index in [1.165, 1.54) is 0 Å². The van der Waals surface area contributed by atoms with Gasteiger partial charge in [-0.15, -0.1) is 0 Å². The number of hydrogen-bond acceptors (Lipinski definition) is 5. The van der Waals surface area contributed by atoms with E-state index < -0.39 is 0 Å². The minimum absolute atomic E-state index is 0. The van der Waals surface area contributed by atoms with Crippen LogP contribution in [0.15, 0.2) is 0 Å². The van der Waals surface area contributed by atoms with Gasteiger partial charge in [0.15, 0.2) is 0 Å². The molecule has 182 valence electrons. The van der Waals surface area contributed by atoms with E-state index in [2.05, 4.69) is 0 Å². The van der Waals surface area contributed by atoms with Crippen molar-refractivity contribution in [3.8, 4) is 0 Å². The van der Waals surface area contributed by atoms with Gasteiger partial charge in [-0.05, 0) is 33.6 Å². The first kappa shape index (κ1) is 63.2. The van der Waals surface area contributed by atoms with Crippen molar-refractivity contribution in [3.05, 3.63) is 0 Å². The fraction of sp³-hybridized carbons (Fsp3) is 1.00. The molecule has 0 aromatic carbocycles. The van der Waals surface area contributed by atoms with Crippen LogP contribution in [0.2, 0.25) is 0 Å². The summed E-state index contributed by atoms with van der Waals surface area (Å²) >= 11 is 0. The van der Waals surface area contributed by atoms with Gasteiger partial charge in [-0.2, -0.15) is 0 Å². The van der Waals surface area contributed by atoms with Crippen LogP contribution in [0.4, 0.5) is 0 Å². The zero-order valence-electron chi connectivity index (χ0n) is 12.1. The van der Waals surface area contributed by atoms with Crippen LogP contribution in [0.1, 0.15) is 100 Å². The Morgan fingerprint density at radius 3 is 1.22 bits per heavy atom. The summed E-state index contributed by atoms with van der Waals surface area (Å²) in [5.41, 5.74) is 11.2. The molecule has 0 aliphatic carbocycles. The van der Waals surface area contributed by atoms with Crippen LogP contribution in [0.25, 0.3) is 0 Å². The number of rotatable bonds is 12. The van der Waals surface area contributed by atoms with E-state index >= 15 is 0 Å². The highest BCUT2D eigenvalue weighted by molar-refractivity contribution is 4.54. The maximum Gasteiger partial charge on any atom is 0.0781 e. The molecule has 4 N–H and O–H groups in total. The summed E-state index contributed by atoms with van der Waals surface area (Å²) in [6, 6.07) is 0.193. The molecule has 27 heavy (non-hydrogen) atoms. The molecular weight excluding hydrogens is 340 g/mol. The van der Waals surface area contributed by atoms with Crippen molar-refractivity contribution in [1.82, 2.24) is 0 Å². The van der Waals surface area contributed by atoms with Gasteiger partial charge >= 0.3 is 0 Å². The van der Waals surface area contributed by atoms with Gasteiger partial charge in [-0.1, -0.05) is 66.8 Å². The molecule has 5 nitrogen and oxygen atoms in total. The van der Waals surface area contributed by atoms with Gasteiger partial charge in [0.1, 0.15) is 0 Å². The standard InChI is InChI=1S/C13H30N2O3.9CH4/c1-11(14)8-16-6-4-5-7-17-10-13(3)18-9-12(2)15;;;;;;;;;/h11-13H,4-10,14-15H2,1-3H3;9*1H4. The minimum Gasteiger partial charge on any atom is -0.380 e. The van der Waals surface area contributed by atoms with Gasteiger partial charge in [-0.25, -0.2) is 0 Å². The Labute approximate surface area is 177 Å². The lowest BCUT2D eigenvalue weighted by atomic mass is 10.3. The van der Waals surface area contributed by atoms with Crippen molar-refractivity contribution in [2.45, 2.75) is 119 Å². The van der Waals surface area contributed by atoms with Crippen LogP contribution in [0, 0.1) is 0 Å². The SMILES string of the molecule is C.C.C.C.C.C.C.C.C.CC(N)COCCCCOCC(C)OCC(C)N. The number of unbranched alkanes of at least 4 members (excludes halogenated alkanes) is 1. The lowest BCUT2D eigenvalue weighted by Gasteiger charge is -2.15. The third-order valence-electron chi connectivity index (χ3n) is 2.20. The summed E-state index contributed by atoms with van der Waals surface area (Å²) in [5, 5.41) is 0. The molecule has 0 heterocycles. The molecule has 0 rings (SSSR count). The van der Waals surface area contributed by atoms with Crippen molar-refractivity contribution in [3.63, 3.8) is 0 Å². The molecule has 0 bridgehead atoms. The maximum atomic E-state index is 5.60. The van der Waals surface area contributed by atoms with Crippen molar-refractivity contribution >= 4 is 0 Å². The normalized spacial score (nSPS) is 11.0. The highest BCUT2D eigenvalue weighted by Gasteiger charge is 2.03. The summed E-state index contributed by atoms with van der Waals surface area (Å²) in [6.45, 7) is 9.18. The van der Waals surface area contributed by atoms with Crippen LogP contribution in [0.5, 0.6) is 0 Å². The molecule has 0 aliphatic heterocycles. The molecule has 0 aromatic heterocycles. The Hall–Kier alpha value is -0.200. The van der Waals surface area contributed by atoms with Gasteiger partial charge in [0.25, 0.3) is 0 Å². The van der Waals surface area contributed by atoms with Gasteiger partial charge in [0.2, 0.25) is 0 Å². The van der Waals surface area contributed by atoms with E-state index in [1.807, 2.05) is 20.8 Å². The average Bonchev–Trinajstić information content (AvgIpc) is 2.29. The van der Waals surface area contributed by atoms with Crippen LogP contribution >= 0.6 is 0 Å². The molecule has 3 atom stereocenters. The van der Waals surface area contributed by atoms with Gasteiger partial charge < -0.3 is 25.7 Å². The van der Waals surface area contributed by atoms with Crippen molar-refractivity contribution in [1.29, 1.82) is 0 Å². The molecule has 0 spiro atoms. The summed E-state index contributed by atoms with van der Waals surface area (Å²) in [7, 11) is 0. The summed E-state index contributed by atoms with van der Waals surface area (Å²) in [5.74, 6) is 0. The smallest absolute Gasteiger partial charge is 0.0781 e. The van der Waals surface area contributed by atoms with Gasteiger partial charge in [-0.3, -0.25) is 0 Å². The molecule has 0 aliphatic rings. The monoisotopic (exact) mass is 407 g/mol. The summed E-state index contributed by atoms with van der Waals surface area (Å²) < 4.78 is 16.4. The first-order valence-corrected chi connectivity index (χ1v) is 6.80. The molecule has 0 amide bonds. The Bertz CT molecular complexity index is 181. The van der Waals surface area contributed by atoms with E-state index in [0.717, 1.165) is 26.1 Å². The van der Waals surface area contributed by atoms with E-state index in [1.54, 1.807) is 0 Å². The Kier molecular flexibility index (Phi) is 105. The summed E-state index contributed by atoms with van der Waals surface area (Å²) in [4.78, 5) is 0. The highest BCUT2D eigenvalue weighted by atomic mass is 16.5. The second-order valence-electron chi connectivity index (χ2n) is 4.96. The molecule has 0 fully saturated rings. The van der Waals surface area contributed by atoms with Crippen molar-refractivity contribution in [2.75, 3.05) is 33.0 Å². The lowest BCUT2D eigenvalue weighted by Crippen LogP contribution is -2.27. The highest BCUT2D eigenvalue weighted by Crippen LogP contribution is 1.96. The Balaban J connectivity index is -0.0000000401. The fourth-order valence-electron chi connectivity index (χ4n) is 1.29. The number of nitrogens with two attached hydrogens (primary N) is 2. The molecule has 5 heteroatoms. The topological polar surface area (TPSA) is 79.7 Å². The predicted molar refractivity (Wildman–Crippen MR) is 134 cm³/mol. The first-order valence-electron chi connectivity index (χ1n) is 6.80. The van der Waals surface area contributed by atoms with Gasteiger partial charge in [0, 0.05) is 25.3 Å². The Morgan fingerprint density at radius 1 is 0.556 bits per heavy atom. The molecule has 0 aromatic rings. The number of hydrogen-bond donors (Lipinski definition) is 2. The van der Waals surface area contributed by atoms with Crippen LogP contribution in [0.3, 0.4) is 0 Å². The van der Waals surface area contributed by atoms with E-state index in [0.29, 0.717) is 19.8 Å². The zero-order valence-corrected chi connectivity index (χ0v) is 12.1. The second kappa shape index (κ2) is 44.9. The number of ether oxygens (including phenoxy) is 3. The zero-order chi connectivity index (χ0) is 13.8. The van der Waals surface area contributed by atoms with Crippen molar-refractivity contribution < 1.29 is 14.2 Å². The quantitative estimate of drug-likeness (QED) is 0.356. The molecular formula is C22H66N2O3. The van der Waals surface area contributed by atoms with E-state index in [9.17, 15) is 0 Å². The maximum absolute atomic E-state index is 5.60. The average molecular weight is 407 g/mol. The van der Waals surface area contributed by atoms with Crippen LogP contribution in [-0.4, -0.2) is 51.2 Å². The van der Waals surface area contributed by atoms with E-state index in [4.69, 9.17) is 25.7 Å². The van der Waals surface area contributed by atoms with Gasteiger partial charge in [0.05, 0.1) is 25.9 Å². The fourth-order valence-corrected chi connectivity index (χ4v) is 1.29. The molecule has 0 radical (unpaired) electrons. The van der Waals surface area contributed by atoms with Crippen LogP contribution < -0.4 is 11.5 Å². The molecule has 3 unspecified atom stereocenters. The predicted octanol–water partition coefficient (Wildman–Crippen LogP) is 6.62. The first-order chi connectivity index (χ1) is 8.52. The van der Waals surface area contributed by atoms with Crippen LogP contribution in [-0.2, 0) is 14.2 Å². The molecule has 0 saturated heterocycles. The third-order valence-corrected chi connectivity index (χ3v) is 2.20. The Morgan fingerprint density at radius 2 is 0.889 bits per heavy atom. The summed E-state index contributed by atoms with van der Waals surface area (Å²) in [6.07, 6.45) is 2.10. The van der Waals surface area contributed by atoms with Crippen molar-refractivity contribution in [2.24, 2.45) is 11.5 Å². The lowest BCUT2D eigenvalue weighted by molar-refractivity contribution is -0.0118. The second-order valence-corrected chi connectivity index (χ2v) is 4.96. The third kappa shape index (κ3) is 58.5. The molecule has 0 saturated carbocycles. The minimum atomic E-state index is 0. The van der Waals surface area contributed by atoms with E-state index in [-0.39, 0.29) is 85.0 Å². The largest absolute Gasteiger partial charge is 0.380 e.